The van der Waals surface area contributed by atoms with Crippen LogP contribution in [0.4, 0.5) is 0 Å². The van der Waals surface area contributed by atoms with Gasteiger partial charge in [0.1, 0.15) is 0 Å². The largest absolute Gasteiger partial charge is 0.133 e. The molecule has 16 heavy (non-hydrogen) atoms. The van der Waals surface area contributed by atoms with Crippen molar-refractivity contribution >= 4 is 65.8 Å². The molecule has 0 radical (unpaired) electrons. The van der Waals surface area contributed by atoms with E-state index in [9.17, 15) is 0 Å². The molecule has 0 saturated carbocycles. The van der Waals surface area contributed by atoms with Gasteiger partial charge in [0.2, 0.25) is 0 Å². The van der Waals surface area contributed by atoms with E-state index in [1.165, 1.54) is 23.4 Å². The molecule has 1 aromatic carbocycles. The third kappa shape index (κ3) is 2.89. The van der Waals surface area contributed by atoms with Crippen molar-refractivity contribution in [2.75, 3.05) is 0 Å². The molecular formula is C12H9Br2IS. The third-order valence-electron chi connectivity index (χ3n) is 2.34. The Kier molecular flexibility index (Phi) is 4.49. The Morgan fingerprint density at radius 1 is 1.31 bits per heavy atom. The molecule has 0 spiro atoms. The van der Waals surface area contributed by atoms with Crippen LogP contribution in [0.5, 0.6) is 0 Å². The van der Waals surface area contributed by atoms with E-state index < -0.39 is 0 Å². The fraction of sp³-hybridized carbons (Fsp3) is 0.167. The van der Waals surface area contributed by atoms with Crippen LogP contribution >= 0.6 is 65.8 Å². The summed E-state index contributed by atoms with van der Waals surface area (Å²) in [6.45, 7) is 2.16. The van der Waals surface area contributed by atoms with Gasteiger partial charge in [0.05, 0.1) is 8.61 Å². The van der Waals surface area contributed by atoms with Crippen LogP contribution in [0.25, 0.3) is 0 Å². The molecule has 0 fully saturated rings. The molecule has 1 unspecified atom stereocenters. The van der Waals surface area contributed by atoms with Crippen LogP contribution in [0.1, 0.15) is 20.8 Å². The standard InChI is InChI=1S/C12H9Br2IS/c1-7-10(6-11(13)16-7)12(14)8-3-2-4-9(15)5-8/h2-6,12H,1H3. The number of hydrogen-bond acceptors (Lipinski definition) is 1. The third-order valence-corrected chi connectivity index (χ3v) is 5.60. The van der Waals surface area contributed by atoms with Crippen LogP contribution in [0, 0.1) is 10.5 Å². The quantitative estimate of drug-likeness (QED) is 0.377. The molecule has 84 valence electrons. The van der Waals surface area contributed by atoms with E-state index in [1.807, 2.05) is 0 Å². The summed E-state index contributed by atoms with van der Waals surface area (Å²) in [7, 11) is 0. The van der Waals surface area contributed by atoms with Crippen molar-refractivity contribution in [2.24, 2.45) is 0 Å². The number of rotatable bonds is 2. The summed E-state index contributed by atoms with van der Waals surface area (Å²) in [4.78, 5) is 1.64. The number of aryl methyl sites for hydroxylation is 1. The van der Waals surface area contributed by atoms with E-state index in [-0.39, 0.29) is 4.83 Å². The lowest BCUT2D eigenvalue weighted by molar-refractivity contribution is 1.17. The van der Waals surface area contributed by atoms with Gasteiger partial charge in [-0.3, -0.25) is 0 Å². The van der Waals surface area contributed by atoms with E-state index in [4.69, 9.17) is 0 Å². The van der Waals surface area contributed by atoms with Crippen LogP contribution in [-0.2, 0) is 0 Å². The number of benzene rings is 1. The number of thiophene rings is 1. The average Bonchev–Trinajstić information content (AvgIpc) is 2.57. The Morgan fingerprint density at radius 2 is 2.06 bits per heavy atom. The van der Waals surface area contributed by atoms with E-state index in [0.717, 1.165) is 0 Å². The summed E-state index contributed by atoms with van der Waals surface area (Å²) in [5.41, 5.74) is 2.65. The Morgan fingerprint density at radius 3 is 2.62 bits per heavy atom. The normalized spacial score (nSPS) is 12.8. The van der Waals surface area contributed by atoms with Gasteiger partial charge in [0, 0.05) is 8.45 Å². The molecule has 0 aliphatic carbocycles. The molecule has 2 aromatic rings. The number of alkyl halides is 1. The highest BCUT2D eigenvalue weighted by atomic mass is 127. The van der Waals surface area contributed by atoms with Crippen molar-refractivity contribution in [2.45, 2.75) is 11.8 Å². The van der Waals surface area contributed by atoms with Crippen molar-refractivity contribution in [1.82, 2.24) is 0 Å². The predicted molar refractivity (Wildman–Crippen MR) is 86.7 cm³/mol. The summed E-state index contributed by atoms with van der Waals surface area (Å²) in [6, 6.07) is 10.8. The molecule has 2 rings (SSSR count). The predicted octanol–water partition coefficient (Wildman–Crippen LogP) is 5.91. The van der Waals surface area contributed by atoms with Crippen molar-refractivity contribution in [3.63, 3.8) is 0 Å². The van der Waals surface area contributed by atoms with Gasteiger partial charge in [-0.15, -0.1) is 11.3 Å². The van der Waals surface area contributed by atoms with Gasteiger partial charge < -0.3 is 0 Å². The van der Waals surface area contributed by atoms with E-state index in [1.54, 1.807) is 11.3 Å². The summed E-state index contributed by atoms with van der Waals surface area (Å²) in [5, 5.41) is 0. The van der Waals surface area contributed by atoms with Gasteiger partial charge >= 0.3 is 0 Å². The van der Waals surface area contributed by atoms with E-state index >= 15 is 0 Å². The van der Waals surface area contributed by atoms with Crippen molar-refractivity contribution in [1.29, 1.82) is 0 Å². The minimum atomic E-state index is 0.282. The zero-order chi connectivity index (χ0) is 11.7. The van der Waals surface area contributed by atoms with Gasteiger partial charge in [-0.05, 0) is 74.8 Å². The van der Waals surface area contributed by atoms with Crippen LogP contribution in [-0.4, -0.2) is 0 Å². The molecular weight excluding hydrogens is 463 g/mol. The molecule has 1 atom stereocenters. The molecule has 0 N–H and O–H groups in total. The second kappa shape index (κ2) is 5.50. The summed E-state index contributed by atoms with van der Waals surface area (Å²) < 4.78 is 2.46. The molecule has 0 bridgehead atoms. The first-order chi connectivity index (χ1) is 7.58. The van der Waals surface area contributed by atoms with Gasteiger partial charge in [0.15, 0.2) is 0 Å². The SMILES string of the molecule is Cc1sc(Br)cc1C(Br)c1cccc(I)c1. The fourth-order valence-electron chi connectivity index (χ4n) is 1.55. The number of halogens is 3. The van der Waals surface area contributed by atoms with E-state index in [0.29, 0.717) is 0 Å². The summed E-state index contributed by atoms with van der Waals surface area (Å²) in [6.07, 6.45) is 0. The zero-order valence-electron chi connectivity index (χ0n) is 8.51. The van der Waals surface area contributed by atoms with Crippen LogP contribution in [0.2, 0.25) is 0 Å². The van der Waals surface area contributed by atoms with Crippen LogP contribution in [0.15, 0.2) is 34.1 Å². The molecule has 4 heteroatoms. The molecule has 0 aliphatic heterocycles. The summed E-state index contributed by atoms with van der Waals surface area (Å²) in [5.74, 6) is 0. The van der Waals surface area contributed by atoms with Crippen molar-refractivity contribution < 1.29 is 0 Å². The lowest BCUT2D eigenvalue weighted by atomic mass is 10.1. The molecule has 0 aliphatic rings. The maximum atomic E-state index is 3.77. The van der Waals surface area contributed by atoms with Crippen LogP contribution < -0.4 is 0 Å². The van der Waals surface area contributed by atoms with Crippen molar-refractivity contribution in [3.8, 4) is 0 Å². The monoisotopic (exact) mass is 470 g/mol. The Balaban J connectivity index is 2.38. The number of hydrogen-bond donors (Lipinski definition) is 0. The minimum absolute atomic E-state index is 0.282. The zero-order valence-corrected chi connectivity index (χ0v) is 14.7. The molecule has 0 saturated heterocycles. The molecule has 1 heterocycles. The second-order valence-corrected chi connectivity index (χ2v) is 8.28. The maximum Gasteiger partial charge on any atom is 0.0704 e. The first-order valence-electron chi connectivity index (χ1n) is 4.73. The molecule has 0 amide bonds. The Bertz CT molecular complexity index is 507. The minimum Gasteiger partial charge on any atom is -0.133 e. The lowest BCUT2D eigenvalue weighted by Gasteiger charge is -2.10. The highest BCUT2D eigenvalue weighted by Gasteiger charge is 2.15. The first-order valence-corrected chi connectivity index (χ1v) is 8.33. The molecule has 1 aromatic heterocycles. The van der Waals surface area contributed by atoms with E-state index in [2.05, 4.69) is 91.7 Å². The smallest absolute Gasteiger partial charge is 0.0704 e. The highest BCUT2D eigenvalue weighted by Crippen LogP contribution is 2.38. The topological polar surface area (TPSA) is 0 Å². The van der Waals surface area contributed by atoms with Gasteiger partial charge in [-0.25, -0.2) is 0 Å². The van der Waals surface area contributed by atoms with Gasteiger partial charge in [-0.1, -0.05) is 28.1 Å². The van der Waals surface area contributed by atoms with Gasteiger partial charge in [0.25, 0.3) is 0 Å². The lowest BCUT2D eigenvalue weighted by Crippen LogP contribution is -1.92. The highest BCUT2D eigenvalue weighted by molar-refractivity contribution is 14.1. The van der Waals surface area contributed by atoms with Crippen molar-refractivity contribution in [3.05, 3.63) is 53.7 Å². The Labute approximate surface area is 130 Å². The first kappa shape index (κ1) is 13.1. The fourth-order valence-corrected chi connectivity index (χ4v) is 4.78. The van der Waals surface area contributed by atoms with Gasteiger partial charge in [-0.2, -0.15) is 0 Å². The second-order valence-electron chi connectivity index (χ2n) is 3.48. The maximum absolute atomic E-state index is 3.77. The average molecular weight is 472 g/mol. The Hall–Kier alpha value is 0.610. The summed E-state index contributed by atoms with van der Waals surface area (Å²) >= 11 is 11.4. The molecule has 0 nitrogen and oxygen atoms in total. The van der Waals surface area contributed by atoms with Crippen LogP contribution in [0.3, 0.4) is 0 Å².